The quantitative estimate of drug-likeness (QED) is 0.896. The van der Waals surface area contributed by atoms with E-state index in [-0.39, 0.29) is 0 Å². The molecule has 0 aromatic carbocycles. The number of aryl methyl sites for hydroxylation is 2. The Hall–Kier alpha value is -1.56. The number of hydrogen-bond donors (Lipinski definition) is 1. The van der Waals surface area contributed by atoms with Crippen molar-refractivity contribution < 1.29 is 0 Å². The molecule has 1 aliphatic heterocycles. The highest BCUT2D eigenvalue weighted by molar-refractivity contribution is 5.77. The van der Waals surface area contributed by atoms with Crippen molar-refractivity contribution in [3.8, 4) is 0 Å². The lowest BCUT2D eigenvalue weighted by Gasteiger charge is -2.15. The molecule has 3 heterocycles. The van der Waals surface area contributed by atoms with E-state index in [4.69, 9.17) is 5.73 Å². The first-order valence-corrected chi connectivity index (χ1v) is 7.60. The summed E-state index contributed by atoms with van der Waals surface area (Å²) < 4.78 is 4.04. The van der Waals surface area contributed by atoms with E-state index in [1.807, 2.05) is 11.7 Å². The van der Waals surface area contributed by atoms with Gasteiger partial charge in [0.25, 0.3) is 0 Å². The fourth-order valence-electron chi connectivity index (χ4n) is 3.13. The van der Waals surface area contributed by atoms with Crippen LogP contribution in [0.5, 0.6) is 0 Å². The first-order valence-electron chi connectivity index (χ1n) is 7.60. The maximum atomic E-state index is 6.11. The third-order valence-electron chi connectivity index (χ3n) is 4.15. The standard InChI is InChI=1S/C14H24N6/c1-3-6-11-12-13(18(2)17-11)20(14(15)16-12)10-9-19-7-4-5-8-19/h3-10H2,1-2H3,(H2,15,16). The second-order valence-electron chi connectivity index (χ2n) is 5.66. The molecule has 0 spiro atoms. The molecule has 0 unspecified atom stereocenters. The van der Waals surface area contributed by atoms with Crippen LogP contribution in [0.3, 0.4) is 0 Å². The molecule has 20 heavy (non-hydrogen) atoms. The van der Waals surface area contributed by atoms with E-state index in [9.17, 15) is 0 Å². The summed E-state index contributed by atoms with van der Waals surface area (Å²) in [5.41, 5.74) is 9.22. The summed E-state index contributed by atoms with van der Waals surface area (Å²) in [6, 6.07) is 0. The van der Waals surface area contributed by atoms with Gasteiger partial charge in [-0.25, -0.2) is 4.98 Å². The molecule has 110 valence electrons. The van der Waals surface area contributed by atoms with Crippen molar-refractivity contribution in [1.82, 2.24) is 24.2 Å². The average molecular weight is 276 g/mol. The van der Waals surface area contributed by atoms with Gasteiger partial charge in [0.05, 0.1) is 5.69 Å². The molecule has 2 aromatic heterocycles. The van der Waals surface area contributed by atoms with Crippen LogP contribution in [0, 0.1) is 0 Å². The van der Waals surface area contributed by atoms with Crippen LogP contribution in [0.25, 0.3) is 11.2 Å². The average Bonchev–Trinajstić information content (AvgIpc) is 3.08. The minimum absolute atomic E-state index is 0.615. The van der Waals surface area contributed by atoms with Crippen molar-refractivity contribution in [3.05, 3.63) is 5.69 Å². The van der Waals surface area contributed by atoms with E-state index >= 15 is 0 Å². The summed E-state index contributed by atoms with van der Waals surface area (Å²) in [7, 11) is 1.98. The van der Waals surface area contributed by atoms with Crippen molar-refractivity contribution in [2.75, 3.05) is 25.4 Å². The van der Waals surface area contributed by atoms with Gasteiger partial charge in [-0.15, -0.1) is 0 Å². The summed E-state index contributed by atoms with van der Waals surface area (Å²) in [4.78, 5) is 7.03. The van der Waals surface area contributed by atoms with Gasteiger partial charge in [0.15, 0.2) is 5.65 Å². The van der Waals surface area contributed by atoms with Gasteiger partial charge in [0.2, 0.25) is 5.95 Å². The highest BCUT2D eigenvalue weighted by Gasteiger charge is 2.18. The third kappa shape index (κ3) is 2.28. The molecule has 1 aliphatic rings. The normalized spacial score (nSPS) is 16.5. The van der Waals surface area contributed by atoms with E-state index in [1.165, 1.54) is 25.9 Å². The first-order chi connectivity index (χ1) is 9.70. The molecular formula is C14H24N6. The molecule has 0 atom stereocenters. The van der Waals surface area contributed by atoms with Crippen LogP contribution in [0.15, 0.2) is 0 Å². The molecule has 1 saturated heterocycles. The highest BCUT2D eigenvalue weighted by atomic mass is 15.4. The van der Waals surface area contributed by atoms with Gasteiger partial charge in [-0.05, 0) is 32.4 Å². The number of hydrogen-bond acceptors (Lipinski definition) is 4. The van der Waals surface area contributed by atoms with Gasteiger partial charge in [0.1, 0.15) is 5.52 Å². The van der Waals surface area contributed by atoms with Crippen LogP contribution < -0.4 is 5.73 Å². The van der Waals surface area contributed by atoms with Crippen molar-refractivity contribution in [1.29, 1.82) is 0 Å². The predicted molar refractivity (Wildman–Crippen MR) is 80.6 cm³/mol. The van der Waals surface area contributed by atoms with E-state index in [0.717, 1.165) is 42.8 Å². The minimum atomic E-state index is 0.615. The lowest BCUT2D eigenvalue weighted by atomic mass is 10.2. The fourth-order valence-corrected chi connectivity index (χ4v) is 3.13. The van der Waals surface area contributed by atoms with Crippen LogP contribution in [0.4, 0.5) is 5.95 Å². The Kier molecular flexibility index (Phi) is 3.65. The molecule has 0 bridgehead atoms. The van der Waals surface area contributed by atoms with Crippen molar-refractivity contribution in [2.24, 2.45) is 7.05 Å². The number of likely N-dealkylation sites (tertiary alicyclic amines) is 1. The number of imidazole rings is 1. The van der Waals surface area contributed by atoms with Crippen LogP contribution in [0.1, 0.15) is 31.9 Å². The number of nitrogens with two attached hydrogens (primary N) is 1. The largest absolute Gasteiger partial charge is 0.369 e. The van der Waals surface area contributed by atoms with E-state index in [2.05, 4.69) is 26.5 Å². The van der Waals surface area contributed by atoms with Crippen LogP contribution >= 0.6 is 0 Å². The summed E-state index contributed by atoms with van der Waals surface area (Å²) in [6.45, 7) is 6.53. The monoisotopic (exact) mass is 276 g/mol. The van der Waals surface area contributed by atoms with Gasteiger partial charge in [-0.3, -0.25) is 9.25 Å². The van der Waals surface area contributed by atoms with Crippen molar-refractivity contribution in [2.45, 2.75) is 39.2 Å². The Balaban J connectivity index is 1.87. The SMILES string of the molecule is CCCc1nn(C)c2c1nc(N)n2CCN1CCCC1. The van der Waals surface area contributed by atoms with E-state index in [0.29, 0.717) is 5.95 Å². The molecule has 0 radical (unpaired) electrons. The number of rotatable bonds is 5. The first kappa shape index (κ1) is 13.4. The molecule has 0 aliphatic carbocycles. The van der Waals surface area contributed by atoms with Crippen molar-refractivity contribution in [3.63, 3.8) is 0 Å². The molecule has 3 rings (SSSR count). The van der Waals surface area contributed by atoms with Gasteiger partial charge >= 0.3 is 0 Å². The van der Waals surface area contributed by atoms with E-state index < -0.39 is 0 Å². The second-order valence-corrected chi connectivity index (χ2v) is 5.66. The molecule has 6 heteroatoms. The number of aromatic nitrogens is 4. The maximum Gasteiger partial charge on any atom is 0.202 e. The van der Waals surface area contributed by atoms with Crippen LogP contribution in [-0.4, -0.2) is 43.9 Å². The Labute approximate surface area is 119 Å². The second kappa shape index (κ2) is 5.44. The predicted octanol–water partition coefficient (Wildman–Crippen LogP) is 1.40. The zero-order chi connectivity index (χ0) is 14.1. The molecule has 2 N–H and O–H groups in total. The smallest absolute Gasteiger partial charge is 0.202 e. The summed E-state index contributed by atoms with van der Waals surface area (Å²) in [5, 5.41) is 4.59. The Bertz CT molecular complexity index is 590. The molecule has 6 nitrogen and oxygen atoms in total. The zero-order valence-corrected chi connectivity index (χ0v) is 12.5. The molecule has 0 saturated carbocycles. The molecule has 0 amide bonds. The number of nitrogens with zero attached hydrogens (tertiary/aromatic N) is 5. The van der Waals surface area contributed by atoms with Gasteiger partial charge in [-0.2, -0.15) is 5.10 Å². The van der Waals surface area contributed by atoms with Crippen molar-refractivity contribution >= 4 is 17.1 Å². The fraction of sp³-hybridized carbons (Fsp3) is 0.714. The zero-order valence-electron chi connectivity index (χ0n) is 12.5. The minimum Gasteiger partial charge on any atom is -0.369 e. The van der Waals surface area contributed by atoms with Gasteiger partial charge in [0, 0.05) is 20.1 Å². The highest BCUT2D eigenvalue weighted by Crippen LogP contribution is 2.22. The molecule has 1 fully saturated rings. The number of anilines is 1. The number of fused-ring (bicyclic) bond motifs is 1. The van der Waals surface area contributed by atoms with Crippen LogP contribution in [-0.2, 0) is 20.0 Å². The lowest BCUT2D eigenvalue weighted by molar-refractivity contribution is 0.324. The van der Waals surface area contributed by atoms with Gasteiger partial charge in [-0.1, -0.05) is 13.3 Å². The van der Waals surface area contributed by atoms with Gasteiger partial charge < -0.3 is 10.6 Å². The third-order valence-corrected chi connectivity index (χ3v) is 4.15. The molecular weight excluding hydrogens is 252 g/mol. The lowest BCUT2D eigenvalue weighted by Crippen LogP contribution is -2.24. The Morgan fingerprint density at radius 1 is 1.20 bits per heavy atom. The van der Waals surface area contributed by atoms with E-state index in [1.54, 1.807) is 0 Å². The molecule has 2 aromatic rings. The summed E-state index contributed by atoms with van der Waals surface area (Å²) in [5.74, 6) is 0.615. The summed E-state index contributed by atoms with van der Waals surface area (Å²) in [6.07, 6.45) is 4.68. The number of nitrogen functional groups attached to an aromatic ring is 1. The Morgan fingerprint density at radius 2 is 1.95 bits per heavy atom. The van der Waals surface area contributed by atoms with Crippen LogP contribution in [0.2, 0.25) is 0 Å². The Morgan fingerprint density at radius 3 is 2.65 bits per heavy atom. The topological polar surface area (TPSA) is 64.9 Å². The summed E-state index contributed by atoms with van der Waals surface area (Å²) >= 11 is 0. The maximum absolute atomic E-state index is 6.11.